The minimum atomic E-state index is -3.87. The van der Waals surface area contributed by atoms with E-state index in [1.165, 1.54) is 18.4 Å². The first-order chi connectivity index (χ1) is 13.7. The fraction of sp³-hybridized carbons (Fsp3) is 0.400. The van der Waals surface area contributed by atoms with Gasteiger partial charge in [-0.3, -0.25) is 9.59 Å². The highest BCUT2D eigenvalue weighted by Crippen LogP contribution is 2.13. The molecule has 29 heavy (non-hydrogen) atoms. The molecule has 0 fully saturated rings. The van der Waals surface area contributed by atoms with Crippen molar-refractivity contribution in [3.05, 3.63) is 54.0 Å². The first-order valence-corrected chi connectivity index (χ1v) is 10.8. The van der Waals surface area contributed by atoms with Crippen LogP contribution in [0.15, 0.2) is 52.0 Å². The van der Waals surface area contributed by atoms with Gasteiger partial charge in [0.2, 0.25) is 21.8 Å². The number of carbonyl (C=O) groups excluding carboxylic acids is 2. The number of aryl methyl sites for hydroxylation is 1. The van der Waals surface area contributed by atoms with E-state index in [0.29, 0.717) is 12.2 Å². The Labute approximate surface area is 171 Å². The molecule has 9 heteroatoms. The zero-order valence-electron chi connectivity index (χ0n) is 16.8. The molecule has 2 aromatic rings. The van der Waals surface area contributed by atoms with Gasteiger partial charge in [-0.2, -0.15) is 4.72 Å². The highest BCUT2D eigenvalue weighted by Gasteiger charge is 2.26. The van der Waals surface area contributed by atoms with Crippen LogP contribution in [0.2, 0.25) is 0 Å². The first kappa shape index (κ1) is 22.6. The number of furan rings is 1. The monoisotopic (exact) mass is 421 g/mol. The molecule has 1 heterocycles. The normalized spacial score (nSPS) is 12.6. The topological polar surface area (TPSA) is 118 Å². The van der Waals surface area contributed by atoms with Crippen LogP contribution in [0.25, 0.3) is 0 Å². The third-order valence-corrected chi connectivity index (χ3v) is 5.60. The number of sulfonamides is 1. The van der Waals surface area contributed by atoms with Crippen molar-refractivity contribution in [3.63, 3.8) is 0 Å². The molecule has 1 atom stereocenters. The molecule has 2 rings (SSSR count). The second-order valence-corrected chi connectivity index (χ2v) is 8.90. The van der Waals surface area contributed by atoms with Crippen molar-refractivity contribution >= 4 is 21.8 Å². The predicted octanol–water partition coefficient (Wildman–Crippen LogP) is 1.71. The number of nitrogens with one attached hydrogen (secondary N) is 3. The van der Waals surface area contributed by atoms with Gasteiger partial charge < -0.3 is 15.1 Å². The molecule has 0 aliphatic rings. The van der Waals surface area contributed by atoms with Crippen molar-refractivity contribution in [1.82, 2.24) is 15.4 Å². The molecule has 3 N–H and O–H groups in total. The Bertz CT molecular complexity index is 906. The second kappa shape index (κ2) is 10.2. The summed E-state index contributed by atoms with van der Waals surface area (Å²) in [5.74, 6) is -0.297. The lowest BCUT2D eigenvalue weighted by atomic mass is 10.0. The van der Waals surface area contributed by atoms with Crippen LogP contribution in [0.5, 0.6) is 0 Å². The van der Waals surface area contributed by atoms with Crippen LogP contribution >= 0.6 is 0 Å². The summed E-state index contributed by atoms with van der Waals surface area (Å²) in [4.78, 5) is 24.5. The van der Waals surface area contributed by atoms with Gasteiger partial charge in [-0.15, -0.1) is 0 Å². The van der Waals surface area contributed by atoms with Crippen molar-refractivity contribution in [1.29, 1.82) is 0 Å². The minimum absolute atomic E-state index is 0.0687. The van der Waals surface area contributed by atoms with Gasteiger partial charge in [0.25, 0.3) is 0 Å². The molecule has 0 aliphatic heterocycles. The molecule has 1 aromatic carbocycles. The van der Waals surface area contributed by atoms with Gasteiger partial charge in [0.1, 0.15) is 11.8 Å². The molecule has 1 unspecified atom stereocenters. The van der Waals surface area contributed by atoms with Crippen molar-refractivity contribution in [2.24, 2.45) is 5.92 Å². The third-order valence-electron chi connectivity index (χ3n) is 4.12. The summed E-state index contributed by atoms with van der Waals surface area (Å²) in [5.41, 5.74) is 0.931. The van der Waals surface area contributed by atoms with Gasteiger partial charge in [0.05, 0.1) is 24.2 Å². The maximum atomic E-state index is 12.6. The summed E-state index contributed by atoms with van der Waals surface area (Å²) in [6.07, 6.45) is 1.80. The van der Waals surface area contributed by atoms with Crippen LogP contribution in [-0.2, 0) is 26.2 Å². The zero-order chi connectivity index (χ0) is 21.4. The second-order valence-electron chi connectivity index (χ2n) is 7.19. The number of rotatable bonds is 10. The molecular formula is C20H27N3O5S. The Morgan fingerprint density at radius 1 is 1.07 bits per heavy atom. The van der Waals surface area contributed by atoms with Gasteiger partial charge in [0.15, 0.2) is 0 Å². The van der Waals surface area contributed by atoms with E-state index in [1.807, 2.05) is 20.8 Å². The van der Waals surface area contributed by atoms with E-state index in [1.54, 1.807) is 24.3 Å². The average molecular weight is 422 g/mol. The van der Waals surface area contributed by atoms with Crippen LogP contribution in [0.3, 0.4) is 0 Å². The molecule has 0 radical (unpaired) electrons. The highest BCUT2D eigenvalue weighted by atomic mass is 32.2. The molecule has 2 amide bonds. The van der Waals surface area contributed by atoms with E-state index >= 15 is 0 Å². The summed E-state index contributed by atoms with van der Waals surface area (Å²) in [5, 5.41) is 5.11. The van der Waals surface area contributed by atoms with E-state index < -0.39 is 27.9 Å². The van der Waals surface area contributed by atoms with Crippen LogP contribution in [0.4, 0.5) is 0 Å². The van der Waals surface area contributed by atoms with Crippen LogP contribution in [0, 0.1) is 12.8 Å². The summed E-state index contributed by atoms with van der Waals surface area (Å²) in [6, 6.07) is 8.80. The van der Waals surface area contributed by atoms with Gasteiger partial charge in [-0.05, 0) is 43.5 Å². The van der Waals surface area contributed by atoms with Crippen molar-refractivity contribution < 1.29 is 22.4 Å². The first-order valence-electron chi connectivity index (χ1n) is 9.33. The fourth-order valence-electron chi connectivity index (χ4n) is 2.60. The summed E-state index contributed by atoms with van der Waals surface area (Å²) in [7, 11) is -3.87. The van der Waals surface area contributed by atoms with E-state index in [0.717, 1.165) is 5.56 Å². The lowest BCUT2D eigenvalue weighted by molar-refractivity contribution is -0.127. The molecule has 1 aromatic heterocycles. The van der Waals surface area contributed by atoms with Crippen LogP contribution in [0.1, 0.15) is 31.6 Å². The fourth-order valence-corrected chi connectivity index (χ4v) is 3.81. The Hall–Kier alpha value is -2.65. The molecule has 0 spiro atoms. The van der Waals surface area contributed by atoms with Crippen molar-refractivity contribution in [2.45, 2.75) is 44.7 Å². The van der Waals surface area contributed by atoms with Crippen LogP contribution in [-0.4, -0.2) is 32.8 Å². The predicted molar refractivity (Wildman–Crippen MR) is 108 cm³/mol. The Morgan fingerprint density at radius 2 is 1.76 bits per heavy atom. The number of amides is 2. The number of hydrogen-bond donors (Lipinski definition) is 3. The standard InChI is InChI=1S/C20H27N3O5S/c1-14(2)11-18(23-29(26,27)17-8-6-15(3)7-9-17)20(25)22-13-19(24)21-12-16-5-4-10-28-16/h4-10,14,18,23H,11-13H2,1-3H3,(H,21,24)(H,22,25). The molecule has 0 saturated heterocycles. The maximum absolute atomic E-state index is 12.6. The largest absolute Gasteiger partial charge is 0.467 e. The van der Waals surface area contributed by atoms with Gasteiger partial charge in [-0.25, -0.2) is 8.42 Å². The van der Waals surface area contributed by atoms with Gasteiger partial charge in [-0.1, -0.05) is 31.5 Å². The molecule has 158 valence electrons. The molecule has 0 saturated carbocycles. The number of carbonyl (C=O) groups is 2. The van der Waals surface area contributed by atoms with E-state index in [2.05, 4.69) is 15.4 Å². The van der Waals surface area contributed by atoms with E-state index in [-0.39, 0.29) is 23.9 Å². The molecular weight excluding hydrogens is 394 g/mol. The molecule has 0 aliphatic carbocycles. The lowest BCUT2D eigenvalue weighted by Crippen LogP contribution is -2.49. The smallest absolute Gasteiger partial charge is 0.241 e. The molecule has 8 nitrogen and oxygen atoms in total. The number of hydrogen-bond acceptors (Lipinski definition) is 5. The Kier molecular flexibility index (Phi) is 7.98. The third kappa shape index (κ3) is 7.35. The zero-order valence-corrected chi connectivity index (χ0v) is 17.6. The molecule has 0 bridgehead atoms. The van der Waals surface area contributed by atoms with E-state index in [9.17, 15) is 18.0 Å². The van der Waals surface area contributed by atoms with Gasteiger partial charge in [0, 0.05) is 0 Å². The van der Waals surface area contributed by atoms with Gasteiger partial charge >= 0.3 is 0 Å². The quantitative estimate of drug-likeness (QED) is 0.540. The van der Waals surface area contributed by atoms with E-state index in [4.69, 9.17) is 4.42 Å². The maximum Gasteiger partial charge on any atom is 0.241 e. The SMILES string of the molecule is Cc1ccc(S(=O)(=O)NC(CC(C)C)C(=O)NCC(=O)NCc2ccco2)cc1. The minimum Gasteiger partial charge on any atom is -0.467 e. The Balaban J connectivity index is 1.96. The average Bonchev–Trinajstić information content (AvgIpc) is 3.17. The van der Waals surface area contributed by atoms with Crippen molar-refractivity contribution in [2.75, 3.05) is 6.54 Å². The van der Waals surface area contributed by atoms with Crippen molar-refractivity contribution in [3.8, 4) is 0 Å². The van der Waals surface area contributed by atoms with Crippen LogP contribution < -0.4 is 15.4 Å². The number of benzene rings is 1. The summed E-state index contributed by atoms with van der Waals surface area (Å²) in [6.45, 7) is 5.57. The lowest BCUT2D eigenvalue weighted by Gasteiger charge is -2.20. The highest BCUT2D eigenvalue weighted by molar-refractivity contribution is 7.89. The summed E-state index contributed by atoms with van der Waals surface area (Å²) >= 11 is 0. The summed E-state index contributed by atoms with van der Waals surface area (Å²) < 4.78 is 32.8. The Morgan fingerprint density at radius 3 is 2.34 bits per heavy atom.